The van der Waals surface area contributed by atoms with Crippen LogP contribution in [0.3, 0.4) is 0 Å². The van der Waals surface area contributed by atoms with Gasteiger partial charge in [0.1, 0.15) is 11.3 Å². The van der Waals surface area contributed by atoms with Gasteiger partial charge in [0.05, 0.1) is 17.9 Å². The number of hydrogen-bond donors (Lipinski definition) is 0. The zero-order valence-electron chi connectivity index (χ0n) is 17.7. The zero-order chi connectivity index (χ0) is 22.0. The van der Waals surface area contributed by atoms with Crippen molar-refractivity contribution in [1.82, 2.24) is 9.88 Å². The summed E-state index contributed by atoms with van der Waals surface area (Å²) in [6.45, 7) is 8.27. The lowest BCUT2D eigenvalue weighted by Gasteiger charge is -2.28. The second-order valence-corrected chi connectivity index (χ2v) is 8.82. The average molecular weight is 446 g/mol. The molecule has 0 aliphatic carbocycles. The Hall–Kier alpha value is -2.42. The van der Waals surface area contributed by atoms with Crippen molar-refractivity contribution in [1.29, 1.82) is 0 Å². The van der Waals surface area contributed by atoms with Gasteiger partial charge in [-0.1, -0.05) is 29.0 Å². The number of anilines is 1. The lowest BCUT2D eigenvalue weighted by atomic mass is 10.0. The molecule has 0 bridgehead atoms. The van der Waals surface area contributed by atoms with Crippen LogP contribution in [0.4, 0.5) is 13.9 Å². The number of rotatable bonds is 6. The fraction of sp³-hybridized carbons (Fsp3) is 0.391. The van der Waals surface area contributed by atoms with E-state index in [-0.39, 0.29) is 11.4 Å². The molecule has 164 valence electrons. The molecule has 1 aliphatic rings. The SMILES string of the molecule is Cc1ccc(C)c(C(=O)N(CCCN2CCOCC2)c2nc3c(F)cc(F)cc3s2)c1. The van der Waals surface area contributed by atoms with Crippen molar-refractivity contribution >= 4 is 32.6 Å². The smallest absolute Gasteiger partial charge is 0.260 e. The first-order valence-corrected chi connectivity index (χ1v) is 11.2. The Balaban J connectivity index is 1.64. The molecule has 3 aromatic rings. The van der Waals surface area contributed by atoms with Crippen LogP contribution in [0.15, 0.2) is 30.3 Å². The first-order chi connectivity index (χ1) is 14.9. The van der Waals surface area contributed by atoms with Crippen molar-refractivity contribution in [3.63, 3.8) is 0 Å². The summed E-state index contributed by atoms with van der Waals surface area (Å²) < 4.78 is 33.7. The highest BCUT2D eigenvalue weighted by Gasteiger charge is 2.24. The molecular weight excluding hydrogens is 420 g/mol. The number of aromatic nitrogens is 1. The predicted octanol–water partition coefficient (Wildman–Crippen LogP) is 4.56. The van der Waals surface area contributed by atoms with Crippen LogP contribution in [0, 0.1) is 25.5 Å². The minimum atomic E-state index is -0.718. The number of carbonyl (C=O) groups is 1. The van der Waals surface area contributed by atoms with E-state index in [4.69, 9.17) is 4.74 Å². The Morgan fingerprint density at radius 2 is 1.97 bits per heavy atom. The van der Waals surface area contributed by atoms with Crippen LogP contribution in [0.25, 0.3) is 10.2 Å². The van der Waals surface area contributed by atoms with Gasteiger partial charge in [0, 0.05) is 37.8 Å². The van der Waals surface area contributed by atoms with E-state index in [1.54, 1.807) is 4.90 Å². The van der Waals surface area contributed by atoms with Gasteiger partial charge in [-0.15, -0.1) is 0 Å². The van der Waals surface area contributed by atoms with Crippen LogP contribution in [0.5, 0.6) is 0 Å². The topological polar surface area (TPSA) is 45.7 Å². The van der Waals surface area contributed by atoms with E-state index in [0.29, 0.717) is 35.2 Å². The van der Waals surface area contributed by atoms with Crippen LogP contribution < -0.4 is 4.90 Å². The van der Waals surface area contributed by atoms with Crippen LogP contribution in [0.2, 0.25) is 0 Å². The minimum Gasteiger partial charge on any atom is -0.379 e. The molecule has 0 N–H and O–H groups in total. The van der Waals surface area contributed by atoms with Gasteiger partial charge in [-0.25, -0.2) is 13.8 Å². The summed E-state index contributed by atoms with van der Waals surface area (Å²) in [6, 6.07) is 7.82. The van der Waals surface area contributed by atoms with Crippen LogP contribution in [-0.2, 0) is 4.74 Å². The van der Waals surface area contributed by atoms with Gasteiger partial charge < -0.3 is 4.74 Å². The maximum Gasteiger partial charge on any atom is 0.260 e. The molecule has 2 heterocycles. The molecule has 8 heteroatoms. The van der Waals surface area contributed by atoms with Crippen molar-refractivity contribution < 1.29 is 18.3 Å². The number of carbonyl (C=O) groups excluding carboxylic acids is 1. The van der Waals surface area contributed by atoms with E-state index in [1.165, 1.54) is 6.07 Å². The predicted molar refractivity (Wildman–Crippen MR) is 119 cm³/mol. The molecule has 0 atom stereocenters. The van der Waals surface area contributed by atoms with Crippen molar-refractivity contribution in [2.45, 2.75) is 20.3 Å². The number of benzene rings is 2. The molecule has 0 saturated carbocycles. The van der Waals surface area contributed by atoms with Crippen molar-refractivity contribution in [2.24, 2.45) is 0 Å². The second kappa shape index (κ2) is 9.38. The van der Waals surface area contributed by atoms with Gasteiger partial charge in [-0.05, 0) is 38.0 Å². The summed E-state index contributed by atoms with van der Waals surface area (Å²) in [7, 11) is 0. The third-order valence-corrected chi connectivity index (χ3v) is 6.49. The fourth-order valence-corrected chi connectivity index (χ4v) is 4.76. The Bertz CT molecular complexity index is 1100. The Morgan fingerprint density at radius 1 is 1.19 bits per heavy atom. The fourth-order valence-electron chi connectivity index (χ4n) is 3.73. The zero-order valence-corrected chi connectivity index (χ0v) is 18.5. The first-order valence-electron chi connectivity index (χ1n) is 10.4. The number of ether oxygens (including phenoxy) is 1. The number of morpholine rings is 1. The largest absolute Gasteiger partial charge is 0.379 e. The van der Waals surface area contributed by atoms with Gasteiger partial charge >= 0.3 is 0 Å². The van der Waals surface area contributed by atoms with Gasteiger partial charge in [-0.3, -0.25) is 14.6 Å². The molecule has 1 fully saturated rings. The summed E-state index contributed by atoms with van der Waals surface area (Å²) >= 11 is 1.13. The molecule has 0 radical (unpaired) electrons. The Labute approximate surface area is 184 Å². The van der Waals surface area contributed by atoms with Gasteiger partial charge in [-0.2, -0.15) is 0 Å². The summed E-state index contributed by atoms with van der Waals surface area (Å²) in [6.07, 6.45) is 0.739. The van der Waals surface area contributed by atoms with Crippen LogP contribution in [-0.4, -0.2) is 55.2 Å². The molecule has 4 rings (SSSR count). The summed E-state index contributed by atoms with van der Waals surface area (Å²) in [5.74, 6) is -1.55. The quantitative estimate of drug-likeness (QED) is 0.558. The molecular formula is C23H25F2N3O2S. The van der Waals surface area contributed by atoms with Crippen LogP contribution >= 0.6 is 11.3 Å². The number of aryl methyl sites for hydroxylation is 2. The number of thiazole rings is 1. The van der Waals surface area contributed by atoms with Crippen molar-refractivity contribution in [2.75, 3.05) is 44.3 Å². The molecule has 0 unspecified atom stereocenters. The van der Waals surface area contributed by atoms with E-state index in [9.17, 15) is 13.6 Å². The summed E-state index contributed by atoms with van der Waals surface area (Å²) in [4.78, 5) is 21.8. The van der Waals surface area contributed by atoms with E-state index < -0.39 is 11.6 Å². The van der Waals surface area contributed by atoms with E-state index >= 15 is 0 Å². The Kier molecular flexibility index (Phi) is 6.60. The van der Waals surface area contributed by atoms with E-state index in [2.05, 4.69) is 9.88 Å². The van der Waals surface area contributed by atoms with Gasteiger partial charge in [0.2, 0.25) is 0 Å². The summed E-state index contributed by atoms with van der Waals surface area (Å²) in [5, 5.41) is 0.382. The maximum absolute atomic E-state index is 14.2. The van der Waals surface area contributed by atoms with Crippen molar-refractivity contribution in [3.05, 3.63) is 58.7 Å². The first kappa shape index (κ1) is 21.8. The van der Waals surface area contributed by atoms with Gasteiger partial charge in [0.25, 0.3) is 5.91 Å². The van der Waals surface area contributed by atoms with E-state index in [0.717, 1.165) is 54.6 Å². The van der Waals surface area contributed by atoms with Crippen LogP contribution in [0.1, 0.15) is 27.9 Å². The van der Waals surface area contributed by atoms with Crippen molar-refractivity contribution in [3.8, 4) is 0 Å². The molecule has 1 saturated heterocycles. The maximum atomic E-state index is 14.2. The highest BCUT2D eigenvalue weighted by molar-refractivity contribution is 7.22. The lowest BCUT2D eigenvalue weighted by Crippen LogP contribution is -2.39. The lowest BCUT2D eigenvalue weighted by molar-refractivity contribution is 0.0376. The third-order valence-electron chi connectivity index (χ3n) is 5.46. The number of nitrogens with zero attached hydrogens (tertiary/aromatic N) is 3. The molecule has 31 heavy (non-hydrogen) atoms. The molecule has 5 nitrogen and oxygen atoms in total. The Morgan fingerprint density at radius 3 is 2.74 bits per heavy atom. The number of halogens is 2. The monoisotopic (exact) mass is 445 g/mol. The normalized spacial score (nSPS) is 14.8. The number of hydrogen-bond acceptors (Lipinski definition) is 5. The van der Waals surface area contributed by atoms with E-state index in [1.807, 2.05) is 32.0 Å². The highest BCUT2D eigenvalue weighted by Crippen LogP contribution is 2.32. The second-order valence-electron chi connectivity index (χ2n) is 7.81. The molecule has 2 aromatic carbocycles. The summed E-state index contributed by atoms with van der Waals surface area (Å²) in [5.41, 5.74) is 2.54. The number of amides is 1. The molecule has 1 amide bonds. The third kappa shape index (κ3) is 4.92. The highest BCUT2D eigenvalue weighted by atomic mass is 32.1. The standard InChI is InChI=1S/C23H25F2N3O2S/c1-15-4-5-16(2)18(12-15)22(29)28(7-3-6-27-8-10-30-11-9-27)23-26-21-19(25)13-17(24)14-20(21)31-23/h4-5,12-14H,3,6-11H2,1-2H3. The molecule has 0 spiro atoms. The molecule has 1 aliphatic heterocycles. The average Bonchev–Trinajstić information content (AvgIpc) is 3.17. The van der Waals surface area contributed by atoms with Gasteiger partial charge in [0.15, 0.2) is 10.9 Å². The molecule has 1 aromatic heterocycles. The minimum absolute atomic E-state index is 0.0911. The number of fused-ring (bicyclic) bond motifs is 1.